The molecule has 1 rings (SSSR count). The number of amides is 1. The summed E-state index contributed by atoms with van der Waals surface area (Å²) in [5.74, 6) is 2.39. The summed E-state index contributed by atoms with van der Waals surface area (Å²) in [5.41, 5.74) is 0. The molecule has 1 amide bonds. The zero-order valence-electron chi connectivity index (χ0n) is 11.0. The van der Waals surface area contributed by atoms with Crippen molar-refractivity contribution in [3.05, 3.63) is 12.2 Å². The van der Waals surface area contributed by atoms with Crippen LogP contribution in [0.3, 0.4) is 0 Å². The van der Waals surface area contributed by atoms with Crippen LogP contribution in [-0.2, 0) is 4.79 Å². The molecule has 0 saturated carbocycles. The third kappa shape index (κ3) is 6.77. The summed E-state index contributed by atoms with van der Waals surface area (Å²) in [6, 6.07) is 0. The molecular formula is C14H25NOS. The van der Waals surface area contributed by atoms with Crippen LogP contribution in [0.25, 0.3) is 0 Å². The normalized spacial score (nSPS) is 16.6. The maximum absolute atomic E-state index is 11.8. The Balaban J connectivity index is 2.04. The highest BCUT2D eigenvalue weighted by molar-refractivity contribution is 7.99. The quantitative estimate of drug-likeness (QED) is 0.513. The van der Waals surface area contributed by atoms with Crippen LogP contribution >= 0.6 is 11.8 Å². The summed E-state index contributed by atoms with van der Waals surface area (Å²) < 4.78 is 0. The van der Waals surface area contributed by atoms with Crippen LogP contribution < -0.4 is 0 Å². The molecule has 0 spiro atoms. The van der Waals surface area contributed by atoms with E-state index in [1.54, 1.807) is 6.08 Å². The third-order valence-electron chi connectivity index (χ3n) is 3.06. The Bertz CT molecular complexity index is 234. The molecule has 0 atom stereocenters. The van der Waals surface area contributed by atoms with Crippen molar-refractivity contribution in [2.75, 3.05) is 24.6 Å². The number of nitrogens with zero attached hydrogens (tertiary/aromatic N) is 1. The lowest BCUT2D eigenvalue weighted by atomic mass is 10.1. The van der Waals surface area contributed by atoms with Crippen molar-refractivity contribution in [2.24, 2.45) is 0 Å². The van der Waals surface area contributed by atoms with E-state index in [9.17, 15) is 4.79 Å². The number of unbranched alkanes of at least 4 members (excludes halogenated alkanes) is 5. The van der Waals surface area contributed by atoms with Gasteiger partial charge in [-0.05, 0) is 18.9 Å². The Morgan fingerprint density at radius 3 is 2.59 bits per heavy atom. The van der Waals surface area contributed by atoms with Gasteiger partial charge in [-0.2, -0.15) is 11.8 Å². The second-order valence-corrected chi connectivity index (χ2v) is 5.77. The van der Waals surface area contributed by atoms with Crippen LogP contribution in [0.2, 0.25) is 0 Å². The van der Waals surface area contributed by atoms with E-state index >= 15 is 0 Å². The van der Waals surface area contributed by atoms with E-state index in [0.29, 0.717) is 0 Å². The van der Waals surface area contributed by atoms with Crippen molar-refractivity contribution in [1.29, 1.82) is 0 Å². The number of allylic oxidation sites excluding steroid dienone is 1. The molecule has 1 aliphatic heterocycles. The lowest BCUT2D eigenvalue weighted by molar-refractivity contribution is -0.125. The van der Waals surface area contributed by atoms with Crippen LogP contribution in [0.15, 0.2) is 12.2 Å². The molecule has 1 aliphatic rings. The monoisotopic (exact) mass is 255 g/mol. The maximum atomic E-state index is 11.8. The maximum Gasteiger partial charge on any atom is 0.246 e. The van der Waals surface area contributed by atoms with Crippen molar-refractivity contribution in [1.82, 2.24) is 4.90 Å². The lowest BCUT2D eigenvalue weighted by Gasteiger charge is -2.25. The van der Waals surface area contributed by atoms with Crippen LogP contribution in [-0.4, -0.2) is 35.4 Å². The molecule has 98 valence electrons. The molecule has 1 heterocycles. The van der Waals surface area contributed by atoms with Gasteiger partial charge in [-0.25, -0.2) is 0 Å². The van der Waals surface area contributed by atoms with Crippen LogP contribution in [0, 0.1) is 0 Å². The van der Waals surface area contributed by atoms with Crippen molar-refractivity contribution in [3.63, 3.8) is 0 Å². The first-order valence-corrected chi connectivity index (χ1v) is 8.03. The summed E-state index contributed by atoms with van der Waals surface area (Å²) in [6.07, 6.45) is 11.4. The van der Waals surface area contributed by atoms with Gasteiger partial charge in [-0.1, -0.05) is 38.7 Å². The van der Waals surface area contributed by atoms with E-state index < -0.39 is 0 Å². The highest BCUT2D eigenvalue weighted by atomic mass is 32.2. The zero-order valence-corrected chi connectivity index (χ0v) is 11.8. The number of hydrogen-bond acceptors (Lipinski definition) is 2. The van der Waals surface area contributed by atoms with Gasteiger partial charge in [-0.15, -0.1) is 0 Å². The van der Waals surface area contributed by atoms with Crippen molar-refractivity contribution in [3.8, 4) is 0 Å². The SMILES string of the molecule is CCCCCCC/C=C/C(=O)N1CCSCC1. The van der Waals surface area contributed by atoms with E-state index in [1.807, 2.05) is 16.7 Å². The Morgan fingerprint density at radius 2 is 1.88 bits per heavy atom. The van der Waals surface area contributed by atoms with Crippen molar-refractivity contribution >= 4 is 17.7 Å². The highest BCUT2D eigenvalue weighted by Crippen LogP contribution is 2.10. The summed E-state index contributed by atoms with van der Waals surface area (Å²) in [7, 11) is 0. The average Bonchev–Trinajstić information content (AvgIpc) is 2.38. The predicted octanol–water partition coefficient (Wildman–Crippen LogP) is 3.48. The van der Waals surface area contributed by atoms with Gasteiger partial charge >= 0.3 is 0 Å². The van der Waals surface area contributed by atoms with Gasteiger partial charge < -0.3 is 4.90 Å². The van der Waals surface area contributed by atoms with Crippen molar-refractivity contribution < 1.29 is 4.79 Å². The van der Waals surface area contributed by atoms with Gasteiger partial charge in [0.15, 0.2) is 0 Å². The molecule has 0 aliphatic carbocycles. The molecule has 0 bridgehead atoms. The van der Waals surface area contributed by atoms with Gasteiger partial charge in [0.2, 0.25) is 5.91 Å². The second-order valence-electron chi connectivity index (χ2n) is 4.54. The summed E-state index contributed by atoms with van der Waals surface area (Å²) in [4.78, 5) is 13.7. The minimum absolute atomic E-state index is 0.207. The molecule has 1 fully saturated rings. The standard InChI is InChI=1S/C14H25NOS/c1-2-3-4-5-6-7-8-9-14(16)15-10-12-17-13-11-15/h8-9H,2-7,10-13H2,1H3/b9-8+. The largest absolute Gasteiger partial charge is 0.338 e. The third-order valence-corrected chi connectivity index (χ3v) is 4.00. The number of carbonyl (C=O) groups is 1. The first-order chi connectivity index (χ1) is 8.34. The molecule has 2 nitrogen and oxygen atoms in total. The summed E-state index contributed by atoms with van der Waals surface area (Å²) in [5, 5.41) is 0. The summed E-state index contributed by atoms with van der Waals surface area (Å²) in [6.45, 7) is 4.07. The van der Waals surface area contributed by atoms with Crippen LogP contribution in [0.4, 0.5) is 0 Å². The van der Waals surface area contributed by atoms with Gasteiger partial charge in [-0.3, -0.25) is 4.79 Å². The first kappa shape index (κ1) is 14.6. The molecule has 17 heavy (non-hydrogen) atoms. The van der Waals surface area contributed by atoms with E-state index in [0.717, 1.165) is 31.0 Å². The zero-order chi connectivity index (χ0) is 12.3. The minimum Gasteiger partial charge on any atom is -0.338 e. The smallest absolute Gasteiger partial charge is 0.246 e. The topological polar surface area (TPSA) is 20.3 Å². The molecule has 0 radical (unpaired) electrons. The Hall–Kier alpha value is -0.440. The van der Waals surface area contributed by atoms with Gasteiger partial charge in [0, 0.05) is 24.6 Å². The fraction of sp³-hybridized carbons (Fsp3) is 0.786. The van der Waals surface area contributed by atoms with Gasteiger partial charge in [0.25, 0.3) is 0 Å². The van der Waals surface area contributed by atoms with Gasteiger partial charge in [0.1, 0.15) is 0 Å². The molecule has 1 saturated heterocycles. The second kappa shape index (κ2) is 9.58. The number of carbonyl (C=O) groups excluding carboxylic acids is 1. The number of rotatable bonds is 7. The number of hydrogen-bond donors (Lipinski definition) is 0. The van der Waals surface area contributed by atoms with E-state index in [-0.39, 0.29) is 5.91 Å². The van der Waals surface area contributed by atoms with Crippen LogP contribution in [0.1, 0.15) is 45.4 Å². The molecule has 0 N–H and O–H groups in total. The minimum atomic E-state index is 0.207. The average molecular weight is 255 g/mol. The van der Waals surface area contributed by atoms with Crippen LogP contribution in [0.5, 0.6) is 0 Å². The molecule has 0 aromatic heterocycles. The fourth-order valence-corrected chi connectivity index (χ4v) is 2.84. The first-order valence-electron chi connectivity index (χ1n) is 6.87. The predicted molar refractivity (Wildman–Crippen MR) is 76.4 cm³/mol. The Labute approximate surface area is 110 Å². The highest BCUT2D eigenvalue weighted by Gasteiger charge is 2.13. The molecular weight excluding hydrogens is 230 g/mol. The Morgan fingerprint density at radius 1 is 1.18 bits per heavy atom. The lowest BCUT2D eigenvalue weighted by Crippen LogP contribution is -2.36. The fourth-order valence-electron chi connectivity index (χ4n) is 1.94. The molecule has 0 unspecified atom stereocenters. The van der Waals surface area contributed by atoms with E-state index in [2.05, 4.69) is 13.0 Å². The van der Waals surface area contributed by atoms with Crippen molar-refractivity contribution in [2.45, 2.75) is 45.4 Å². The summed E-state index contributed by atoms with van der Waals surface area (Å²) >= 11 is 1.94. The van der Waals surface area contributed by atoms with E-state index in [1.165, 1.54) is 32.1 Å². The number of thioether (sulfide) groups is 1. The molecule has 3 heteroatoms. The molecule has 0 aromatic carbocycles. The Kier molecular flexibility index (Phi) is 8.24. The molecule has 0 aromatic rings. The van der Waals surface area contributed by atoms with E-state index in [4.69, 9.17) is 0 Å². The van der Waals surface area contributed by atoms with Gasteiger partial charge in [0.05, 0.1) is 0 Å².